The van der Waals surface area contributed by atoms with Gasteiger partial charge in [0, 0.05) is 25.0 Å². The number of halogens is 1. The molecule has 154 valence electrons. The van der Waals surface area contributed by atoms with Crippen LogP contribution in [0.1, 0.15) is 51.4 Å². The van der Waals surface area contributed by atoms with Crippen molar-refractivity contribution < 1.29 is 13.2 Å². The highest BCUT2D eigenvalue weighted by molar-refractivity contribution is 7.89. The quantitative estimate of drug-likeness (QED) is 0.801. The summed E-state index contributed by atoms with van der Waals surface area (Å²) in [5.41, 5.74) is 0. The molecule has 2 heterocycles. The Bertz CT molecular complexity index is 829. The van der Waals surface area contributed by atoms with Crippen molar-refractivity contribution in [2.75, 3.05) is 13.1 Å². The van der Waals surface area contributed by atoms with Gasteiger partial charge in [0.05, 0.1) is 11.1 Å². The largest absolute Gasteiger partial charge is 0.304 e. The molecule has 1 N–H and O–H groups in total. The van der Waals surface area contributed by atoms with E-state index in [9.17, 15) is 13.2 Å². The lowest BCUT2D eigenvalue weighted by Crippen LogP contribution is -2.55. The maximum Gasteiger partial charge on any atom is 0.244 e. The number of nitrogens with one attached hydrogen (secondary N) is 1. The van der Waals surface area contributed by atoms with Gasteiger partial charge in [0.25, 0.3) is 0 Å². The first-order chi connectivity index (χ1) is 13.5. The van der Waals surface area contributed by atoms with Crippen molar-refractivity contribution in [3.05, 3.63) is 29.3 Å². The summed E-state index contributed by atoms with van der Waals surface area (Å²) < 4.78 is 27.6. The standard InChI is InChI=1S/C21H29ClN2O3S/c22-17-8-2-4-10-20(17)28(26,27)24-13-5-7-16(14-24)21(25)19-12-11-15-6-1-3-9-18(15)23-19/h2,4,8,10,15-16,18-19,23H,1,3,5-7,9,11-14H2/t15?,16-,18?,19?/m0/s1. The summed E-state index contributed by atoms with van der Waals surface area (Å²) in [5.74, 6) is 0.674. The third-order valence-electron chi connectivity index (χ3n) is 6.73. The van der Waals surface area contributed by atoms with Crippen LogP contribution in [0.3, 0.4) is 0 Å². The first-order valence-corrected chi connectivity index (χ1v) is 12.3. The first kappa shape index (κ1) is 20.3. The van der Waals surface area contributed by atoms with E-state index in [4.69, 9.17) is 11.6 Å². The lowest BCUT2D eigenvalue weighted by atomic mass is 9.76. The maximum atomic E-state index is 13.2. The van der Waals surface area contributed by atoms with E-state index in [1.807, 2.05) is 0 Å². The smallest absolute Gasteiger partial charge is 0.244 e. The van der Waals surface area contributed by atoms with E-state index in [2.05, 4.69) is 5.32 Å². The molecule has 1 saturated carbocycles. The Balaban J connectivity index is 1.45. The van der Waals surface area contributed by atoms with Gasteiger partial charge in [-0.05, 0) is 56.6 Å². The number of Topliss-reactive ketones (excluding diaryl/α,β-unsaturated/α-hetero) is 1. The number of fused-ring (bicyclic) bond motifs is 1. The summed E-state index contributed by atoms with van der Waals surface area (Å²) in [6.45, 7) is 0.707. The average molecular weight is 425 g/mol. The molecule has 5 nitrogen and oxygen atoms in total. The predicted molar refractivity (Wildman–Crippen MR) is 110 cm³/mol. The molecule has 3 aliphatic rings. The third-order valence-corrected chi connectivity index (χ3v) is 9.10. The Labute approximate surface area is 172 Å². The molecule has 2 saturated heterocycles. The highest BCUT2D eigenvalue weighted by Crippen LogP contribution is 2.34. The molecule has 28 heavy (non-hydrogen) atoms. The van der Waals surface area contributed by atoms with E-state index in [0.717, 1.165) is 25.7 Å². The predicted octanol–water partition coefficient (Wildman–Crippen LogP) is 3.62. The normalized spacial score (nSPS) is 31.9. The molecular weight excluding hydrogens is 396 g/mol. The minimum Gasteiger partial charge on any atom is -0.304 e. The van der Waals surface area contributed by atoms with Crippen LogP contribution in [0, 0.1) is 11.8 Å². The van der Waals surface area contributed by atoms with Crippen molar-refractivity contribution in [3.8, 4) is 0 Å². The van der Waals surface area contributed by atoms with Gasteiger partial charge < -0.3 is 5.32 Å². The number of benzene rings is 1. The Morgan fingerprint density at radius 2 is 1.82 bits per heavy atom. The maximum absolute atomic E-state index is 13.2. The molecule has 3 fully saturated rings. The molecule has 1 aromatic rings. The molecule has 2 aliphatic heterocycles. The summed E-state index contributed by atoms with van der Waals surface area (Å²) in [4.78, 5) is 13.3. The zero-order valence-corrected chi connectivity index (χ0v) is 17.7. The number of hydrogen-bond donors (Lipinski definition) is 1. The van der Waals surface area contributed by atoms with E-state index in [1.165, 1.54) is 29.6 Å². The molecule has 1 aromatic carbocycles. The Kier molecular flexibility index (Phi) is 6.12. The SMILES string of the molecule is O=C(C1CCC2CCCCC2N1)[C@H]1CCCN(S(=O)(=O)c2ccccc2Cl)C1. The van der Waals surface area contributed by atoms with Crippen LogP contribution in [0.25, 0.3) is 0 Å². The zero-order chi connectivity index (χ0) is 19.7. The number of ketones is 1. The Hall–Kier alpha value is -0.950. The van der Waals surface area contributed by atoms with E-state index < -0.39 is 10.0 Å². The van der Waals surface area contributed by atoms with E-state index in [1.54, 1.807) is 18.2 Å². The number of carbonyl (C=O) groups is 1. The minimum atomic E-state index is -3.68. The summed E-state index contributed by atoms with van der Waals surface area (Å²) in [6.07, 6.45) is 8.44. The number of nitrogens with zero attached hydrogens (tertiary/aromatic N) is 1. The van der Waals surface area contributed by atoms with Crippen LogP contribution in [-0.2, 0) is 14.8 Å². The van der Waals surface area contributed by atoms with Crippen molar-refractivity contribution in [2.24, 2.45) is 11.8 Å². The van der Waals surface area contributed by atoms with Gasteiger partial charge in [-0.15, -0.1) is 0 Å². The molecule has 4 atom stereocenters. The van der Waals surface area contributed by atoms with Crippen LogP contribution >= 0.6 is 11.6 Å². The first-order valence-electron chi connectivity index (χ1n) is 10.5. The van der Waals surface area contributed by atoms with E-state index in [-0.39, 0.29) is 34.2 Å². The molecule has 0 amide bonds. The summed E-state index contributed by atoms with van der Waals surface area (Å²) >= 11 is 6.13. The van der Waals surface area contributed by atoms with E-state index >= 15 is 0 Å². The van der Waals surface area contributed by atoms with Crippen LogP contribution in [-0.4, -0.2) is 43.7 Å². The van der Waals surface area contributed by atoms with Gasteiger partial charge in [0.2, 0.25) is 10.0 Å². The van der Waals surface area contributed by atoms with Gasteiger partial charge in [-0.3, -0.25) is 4.79 Å². The van der Waals surface area contributed by atoms with Gasteiger partial charge in [0.15, 0.2) is 5.78 Å². The number of sulfonamides is 1. The molecule has 0 bridgehead atoms. The number of piperidine rings is 2. The van der Waals surface area contributed by atoms with Gasteiger partial charge in [-0.1, -0.05) is 36.6 Å². The van der Waals surface area contributed by atoms with Crippen LogP contribution in [0.2, 0.25) is 5.02 Å². The zero-order valence-electron chi connectivity index (χ0n) is 16.1. The van der Waals surface area contributed by atoms with Crippen molar-refractivity contribution in [1.29, 1.82) is 0 Å². The molecule has 0 aromatic heterocycles. The second-order valence-electron chi connectivity index (χ2n) is 8.48. The van der Waals surface area contributed by atoms with Crippen molar-refractivity contribution in [3.63, 3.8) is 0 Å². The third kappa shape index (κ3) is 4.02. The molecule has 0 spiro atoms. The monoisotopic (exact) mass is 424 g/mol. The number of hydrogen-bond acceptors (Lipinski definition) is 4. The van der Waals surface area contributed by atoms with Crippen molar-refractivity contribution >= 4 is 27.4 Å². The van der Waals surface area contributed by atoms with Crippen molar-refractivity contribution in [2.45, 2.75) is 68.3 Å². The lowest BCUT2D eigenvalue weighted by Gasteiger charge is -2.41. The van der Waals surface area contributed by atoms with Gasteiger partial charge in [0.1, 0.15) is 4.90 Å². The molecule has 3 unspecified atom stereocenters. The van der Waals surface area contributed by atoms with Crippen LogP contribution in [0.15, 0.2) is 29.2 Å². The van der Waals surface area contributed by atoms with Crippen LogP contribution in [0.4, 0.5) is 0 Å². The van der Waals surface area contributed by atoms with Gasteiger partial charge in [-0.2, -0.15) is 4.31 Å². The lowest BCUT2D eigenvalue weighted by molar-refractivity contribution is -0.127. The van der Waals surface area contributed by atoms with Crippen LogP contribution < -0.4 is 5.32 Å². The number of carbonyl (C=O) groups excluding carboxylic acids is 1. The molecular formula is C21H29ClN2O3S. The average Bonchev–Trinajstić information content (AvgIpc) is 2.73. The fraction of sp³-hybridized carbons (Fsp3) is 0.667. The Morgan fingerprint density at radius 3 is 2.64 bits per heavy atom. The molecule has 4 rings (SSSR count). The van der Waals surface area contributed by atoms with E-state index in [0.29, 0.717) is 24.9 Å². The summed E-state index contributed by atoms with van der Waals surface area (Å²) in [7, 11) is -3.68. The summed E-state index contributed by atoms with van der Waals surface area (Å²) in [5, 5.41) is 3.84. The van der Waals surface area contributed by atoms with Gasteiger partial charge in [-0.25, -0.2) is 8.42 Å². The second kappa shape index (κ2) is 8.42. The van der Waals surface area contributed by atoms with Crippen molar-refractivity contribution in [1.82, 2.24) is 9.62 Å². The highest BCUT2D eigenvalue weighted by atomic mass is 35.5. The summed E-state index contributed by atoms with van der Waals surface area (Å²) in [6, 6.07) is 6.87. The molecule has 1 aliphatic carbocycles. The van der Waals surface area contributed by atoms with Crippen LogP contribution in [0.5, 0.6) is 0 Å². The topological polar surface area (TPSA) is 66.5 Å². The van der Waals surface area contributed by atoms with Gasteiger partial charge >= 0.3 is 0 Å². The number of rotatable bonds is 4. The Morgan fingerprint density at radius 1 is 1.04 bits per heavy atom. The fourth-order valence-electron chi connectivity index (χ4n) is 5.19. The highest BCUT2D eigenvalue weighted by Gasteiger charge is 2.39. The fourth-order valence-corrected chi connectivity index (χ4v) is 7.21. The molecule has 0 radical (unpaired) electrons. The minimum absolute atomic E-state index is 0.118. The second-order valence-corrected chi connectivity index (χ2v) is 10.8. The molecule has 7 heteroatoms.